The van der Waals surface area contributed by atoms with Crippen molar-refractivity contribution >= 4 is 39.9 Å². The van der Waals surface area contributed by atoms with Crippen LogP contribution in [0.3, 0.4) is 0 Å². The summed E-state index contributed by atoms with van der Waals surface area (Å²) in [5.41, 5.74) is 0.728. The first kappa shape index (κ1) is 22.5. The Kier molecular flexibility index (Phi) is 7.07. The lowest BCUT2D eigenvalue weighted by Gasteiger charge is -2.14. The third-order valence-corrected chi connectivity index (χ3v) is 5.23. The fourth-order valence-electron chi connectivity index (χ4n) is 3.26. The Hall–Kier alpha value is -3.19. The number of unbranched alkanes of at least 4 members (excludes halogenated alkanes) is 2. The molecule has 1 aromatic heterocycles. The van der Waals surface area contributed by atoms with Crippen molar-refractivity contribution in [1.29, 1.82) is 0 Å². The van der Waals surface area contributed by atoms with E-state index in [0.29, 0.717) is 28.6 Å². The molecule has 0 bridgehead atoms. The SMILES string of the molecule is CCCCCn1nc(C(=O)Nc2ccc(C(=O)N(C)C)c(Cl)c2)c2ccccc2c1=O. The highest BCUT2D eigenvalue weighted by atomic mass is 35.5. The topological polar surface area (TPSA) is 84.3 Å². The van der Waals surface area contributed by atoms with Gasteiger partial charge in [-0.15, -0.1) is 0 Å². The van der Waals surface area contributed by atoms with Gasteiger partial charge in [0.25, 0.3) is 17.4 Å². The van der Waals surface area contributed by atoms with Crippen LogP contribution < -0.4 is 10.9 Å². The number of hydrogen-bond donors (Lipinski definition) is 1. The van der Waals surface area contributed by atoms with E-state index in [0.717, 1.165) is 19.3 Å². The molecule has 31 heavy (non-hydrogen) atoms. The van der Waals surface area contributed by atoms with E-state index in [1.54, 1.807) is 50.5 Å². The molecule has 1 N–H and O–H groups in total. The number of carbonyl (C=O) groups excluding carboxylic acids is 2. The molecule has 3 aromatic rings. The summed E-state index contributed by atoms with van der Waals surface area (Å²) in [5, 5.41) is 8.30. The molecule has 0 aliphatic carbocycles. The lowest BCUT2D eigenvalue weighted by molar-refractivity contribution is 0.0827. The third kappa shape index (κ3) is 4.94. The van der Waals surface area contributed by atoms with Crippen LogP contribution in [0.5, 0.6) is 0 Å². The van der Waals surface area contributed by atoms with Gasteiger partial charge in [0.2, 0.25) is 0 Å². The van der Waals surface area contributed by atoms with Crippen LogP contribution in [0.1, 0.15) is 47.0 Å². The number of amides is 2. The van der Waals surface area contributed by atoms with E-state index < -0.39 is 5.91 Å². The number of benzene rings is 2. The fraction of sp³-hybridized carbons (Fsp3) is 0.304. The van der Waals surface area contributed by atoms with Gasteiger partial charge in [0.15, 0.2) is 5.69 Å². The predicted molar refractivity (Wildman–Crippen MR) is 123 cm³/mol. The van der Waals surface area contributed by atoms with E-state index in [9.17, 15) is 14.4 Å². The Labute approximate surface area is 185 Å². The van der Waals surface area contributed by atoms with Crippen molar-refractivity contribution in [3.63, 3.8) is 0 Å². The Morgan fingerprint density at radius 2 is 1.81 bits per heavy atom. The number of rotatable bonds is 7. The van der Waals surface area contributed by atoms with Crippen LogP contribution in [0.25, 0.3) is 10.8 Å². The molecule has 162 valence electrons. The first-order valence-corrected chi connectivity index (χ1v) is 10.5. The van der Waals surface area contributed by atoms with E-state index in [1.807, 2.05) is 0 Å². The largest absolute Gasteiger partial charge is 0.345 e. The summed E-state index contributed by atoms with van der Waals surface area (Å²) in [6.07, 6.45) is 2.79. The molecule has 0 fully saturated rings. The summed E-state index contributed by atoms with van der Waals surface area (Å²) < 4.78 is 1.36. The fourth-order valence-corrected chi connectivity index (χ4v) is 3.52. The molecule has 3 rings (SSSR count). The second-order valence-corrected chi connectivity index (χ2v) is 7.89. The molecule has 0 radical (unpaired) electrons. The Balaban J connectivity index is 1.95. The van der Waals surface area contributed by atoms with E-state index in [2.05, 4.69) is 17.3 Å². The summed E-state index contributed by atoms with van der Waals surface area (Å²) in [5.74, 6) is -0.683. The smallest absolute Gasteiger partial charge is 0.276 e. The van der Waals surface area contributed by atoms with Crippen LogP contribution >= 0.6 is 11.6 Å². The van der Waals surface area contributed by atoms with E-state index >= 15 is 0 Å². The summed E-state index contributed by atoms with van der Waals surface area (Å²) in [7, 11) is 3.28. The molecule has 0 atom stereocenters. The van der Waals surface area contributed by atoms with Crippen LogP contribution in [0.4, 0.5) is 5.69 Å². The lowest BCUT2D eigenvalue weighted by Crippen LogP contribution is -2.27. The number of hydrogen-bond acceptors (Lipinski definition) is 4. The maximum atomic E-state index is 13.1. The average Bonchev–Trinajstić information content (AvgIpc) is 2.75. The highest BCUT2D eigenvalue weighted by Gasteiger charge is 2.18. The normalized spacial score (nSPS) is 10.8. The van der Waals surface area contributed by atoms with Crippen molar-refractivity contribution in [2.24, 2.45) is 0 Å². The Bertz CT molecular complexity index is 1190. The van der Waals surface area contributed by atoms with E-state index in [4.69, 9.17) is 11.6 Å². The molecule has 0 aliphatic heterocycles. The summed E-state index contributed by atoms with van der Waals surface area (Å²) in [6, 6.07) is 11.6. The highest BCUT2D eigenvalue weighted by molar-refractivity contribution is 6.34. The average molecular weight is 441 g/mol. The van der Waals surface area contributed by atoms with E-state index in [1.165, 1.54) is 15.6 Å². The Morgan fingerprint density at radius 1 is 1.10 bits per heavy atom. The van der Waals surface area contributed by atoms with Crippen molar-refractivity contribution in [2.75, 3.05) is 19.4 Å². The molecule has 8 heteroatoms. The van der Waals surface area contributed by atoms with Crippen molar-refractivity contribution < 1.29 is 9.59 Å². The van der Waals surface area contributed by atoms with Crippen LogP contribution in [0, 0.1) is 0 Å². The maximum absolute atomic E-state index is 13.1. The zero-order valence-corrected chi connectivity index (χ0v) is 18.6. The molecule has 0 saturated carbocycles. The van der Waals surface area contributed by atoms with Gasteiger partial charge in [0.05, 0.1) is 16.0 Å². The molecule has 2 amide bonds. The van der Waals surface area contributed by atoms with Gasteiger partial charge in [0.1, 0.15) is 0 Å². The molecule has 0 unspecified atom stereocenters. The molecule has 0 aliphatic rings. The molecule has 0 spiro atoms. The third-order valence-electron chi connectivity index (χ3n) is 4.92. The minimum atomic E-state index is -0.455. The number of fused-ring (bicyclic) bond motifs is 1. The number of nitrogens with zero attached hydrogens (tertiary/aromatic N) is 3. The Morgan fingerprint density at radius 3 is 2.45 bits per heavy atom. The second-order valence-electron chi connectivity index (χ2n) is 7.48. The molecule has 7 nitrogen and oxygen atoms in total. The quantitative estimate of drug-likeness (QED) is 0.558. The van der Waals surface area contributed by atoms with Gasteiger partial charge < -0.3 is 10.2 Å². The number of aryl methyl sites for hydroxylation is 1. The van der Waals surface area contributed by atoms with Crippen LogP contribution in [0.15, 0.2) is 47.3 Å². The summed E-state index contributed by atoms with van der Waals surface area (Å²) in [6.45, 7) is 2.53. The molecule has 2 aromatic carbocycles. The highest BCUT2D eigenvalue weighted by Crippen LogP contribution is 2.23. The first-order valence-electron chi connectivity index (χ1n) is 10.2. The van der Waals surface area contributed by atoms with Crippen molar-refractivity contribution in [2.45, 2.75) is 32.7 Å². The summed E-state index contributed by atoms with van der Waals surface area (Å²) in [4.78, 5) is 39.4. The van der Waals surface area contributed by atoms with Crippen LogP contribution in [-0.2, 0) is 6.54 Å². The van der Waals surface area contributed by atoms with Gasteiger partial charge in [0, 0.05) is 31.7 Å². The number of carbonyl (C=O) groups is 2. The summed E-state index contributed by atoms with van der Waals surface area (Å²) >= 11 is 6.25. The second kappa shape index (κ2) is 9.75. The lowest BCUT2D eigenvalue weighted by atomic mass is 10.1. The van der Waals surface area contributed by atoms with Crippen molar-refractivity contribution in [1.82, 2.24) is 14.7 Å². The zero-order chi connectivity index (χ0) is 22.5. The first-order chi connectivity index (χ1) is 14.8. The van der Waals surface area contributed by atoms with Gasteiger partial charge in [-0.3, -0.25) is 14.4 Å². The minimum absolute atomic E-state index is 0.163. The molecular weight excluding hydrogens is 416 g/mol. The van der Waals surface area contributed by atoms with Gasteiger partial charge in [-0.1, -0.05) is 49.6 Å². The van der Waals surface area contributed by atoms with Gasteiger partial charge >= 0.3 is 0 Å². The predicted octanol–water partition coefficient (Wildman–Crippen LogP) is 4.19. The van der Waals surface area contributed by atoms with Crippen LogP contribution in [0.2, 0.25) is 5.02 Å². The standard InChI is InChI=1S/C23H25ClN4O3/c1-4-5-8-13-28-23(31)17-10-7-6-9-16(17)20(26-28)21(29)25-15-11-12-18(19(24)14-15)22(30)27(2)3/h6-7,9-12,14H,4-5,8,13H2,1-3H3,(H,25,29). The zero-order valence-electron chi connectivity index (χ0n) is 17.8. The number of nitrogens with one attached hydrogen (secondary N) is 1. The van der Waals surface area contributed by atoms with Crippen molar-refractivity contribution in [3.05, 3.63) is 69.1 Å². The monoisotopic (exact) mass is 440 g/mol. The molecule has 0 saturated heterocycles. The maximum Gasteiger partial charge on any atom is 0.276 e. The van der Waals surface area contributed by atoms with Gasteiger partial charge in [-0.05, 0) is 30.7 Å². The van der Waals surface area contributed by atoms with Crippen molar-refractivity contribution in [3.8, 4) is 0 Å². The molecule has 1 heterocycles. The van der Waals surface area contributed by atoms with E-state index in [-0.39, 0.29) is 22.2 Å². The number of aromatic nitrogens is 2. The van der Waals surface area contributed by atoms with Gasteiger partial charge in [-0.25, -0.2) is 4.68 Å². The number of anilines is 1. The number of halogens is 1. The minimum Gasteiger partial charge on any atom is -0.345 e. The van der Waals surface area contributed by atoms with Gasteiger partial charge in [-0.2, -0.15) is 5.10 Å². The molecular formula is C23H25ClN4O3. The van der Waals surface area contributed by atoms with Crippen LogP contribution in [-0.4, -0.2) is 40.6 Å².